The number of methoxy groups -OCH3 is 1. The predicted molar refractivity (Wildman–Crippen MR) is 95.2 cm³/mol. The molecular weight excluding hydrogens is 286 g/mol. The summed E-state index contributed by atoms with van der Waals surface area (Å²) >= 11 is 0. The Morgan fingerprint density at radius 2 is 1.61 bits per heavy atom. The predicted octanol–water partition coefficient (Wildman–Crippen LogP) is 4.80. The summed E-state index contributed by atoms with van der Waals surface area (Å²) in [7, 11) is 1.63. The number of hydrogen-bond acceptors (Lipinski definition) is 3. The fraction of sp³-hybridized carbons (Fsp3) is 0.250. The summed E-state index contributed by atoms with van der Waals surface area (Å²) in [6.45, 7) is 6.47. The Morgan fingerprint density at radius 3 is 2.13 bits per heavy atom. The van der Waals surface area contributed by atoms with Gasteiger partial charge < -0.3 is 10.1 Å². The van der Waals surface area contributed by atoms with Crippen LogP contribution in [0.1, 0.15) is 36.7 Å². The van der Waals surface area contributed by atoms with Crippen LogP contribution in [-0.4, -0.2) is 12.9 Å². The molecule has 0 amide bonds. The van der Waals surface area contributed by atoms with Crippen LogP contribution in [0.25, 0.3) is 0 Å². The first-order valence-electron chi connectivity index (χ1n) is 7.62. The number of benzene rings is 2. The van der Waals surface area contributed by atoms with Crippen LogP contribution in [0.2, 0.25) is 0 Å². The number of ketones is 1. The number of anilines is 1. The highest BCUT2D eigenvalue weighted by Gasteiger charge is 2.13. The molecule has 0 aromatic heterocycles. The molecule has 3 heteroatoms. The molecule has 3 nitrogen and oxygen atoms in total. The van der Waals surface area contributed by atoms with Crippen molar-refractivity contribution in [3.05, 3.63) is 71.9 Å². The van der Waals surface area contributed by atoms with E-state index in [1.165, 1.54) is 11.6 Å². The molecule has 0 spiro atoms. The Bertz CT molecular complexity index is 677. The second kappa shape index (κ2) is 7.14. The monoisotopic (exact) mass is 309 g/mol. The molecule has 120 valence electrons. The number of ether oxygens (including phenoxy) is 1. The third-order valence-corrected chi connectivity index (χ3v) is 3.61. The molecule has 0 fully saturated rings. The minimum atomic E-state index is -0.0218. The summed E-state index contributed by atoms with van der Waals surface area (Å²) in [6.07, 6.45) is 3.19. The van der Waals surface area contributed by atoms with Crippen molar-refractivity contribution in [2.75, 3.05) is 12.4 Å². The molecule has 0 saturated carbocycles. The Labute approximate surface area is 138 Å². The van der Waals surface area contributed by atoms with Gasteiger partial charge in [-0.1, -0.05) is 45.0 Å². The van der Waals surface area contributed by atoms with Gasteiger partial charge in [0.2, 0.25) is 0 Å². The largest absolute Gasteiger partial charge is 0.497 e. The number of hydrogen-bond donors (Lipinski definition) is 1. The van der Waals surface area contributed by atoms with E-state index in [2.05, 4.69) is 26.1 Å². The van der Waals surface area contributed by atoms with Gasteiger partial charge in [-0.05, 0) is 35.2 Å². The lowest BCUT2D eigenvalue weighted by Crippen LogP contribution is -2.11. The summed E-state index contributed by atoms with van der Waals surface area (Å²) in [5.74, 6) is 0.779. The molecular formula is C20H23NO2. The molecule has 0 aliphatic carbocycles. The zero-order valence-electron chi connectivity index (χ0n) is 14.1. The van der Waals surface area contributed by atoms with Gasteiger partial charge in [0.05, 0.1) is 7.11 Å². The fourth-order valence-corrected chi connectivity index (χ4v) is 2.13. The minimum Gasteiger partial charge on any atom is -0.497 e. The smallest absolute Gasteiger partial charge is 0.187 e. The van der Waals surface area contributed by atoms with E-state index in [4.69, 9.17) is 4.74 Å². The van der Waals surface area contributed by atoms with Crippen molar-refractivity contribution in [1.29, 1.82) is 0 Å². The molecule has 0 bridgehead atoms. The van der Waals surface area contributed by atoms with Gasteiger partial charge in [0.25, 0.3) is 0 Å². The topological polar surface area (TPSA) is 38.3 Å². The third-order valence-electron chi connectivity index (χ3n) is 3.61. The van der Waals surface area contributed by atoms with E-state index >= 15 is 0 Å². The SMILES string of the molecule is COc1ccc(N/C=C/C(=O)c2ccc(C(C)(C)C)cc2)cc1. The molecule has 2 aromatic carbocycles. The van der Waals surface area contributed by atoms with Crippen molar-refractivity contribution in [1.82, 2.24) is 0 Å². The number of allylic oxidation sites excluding steroid dienone is 1. The molecule has 0 aliphatic heterocycles. The van der Waals surface area contributed by atoms with Gasteiger partial charge in [-0.2, -0.15) is 0 Å². The van der Waals surface area contributed by atoms with Crippen LogP contribution in [0, 0.1) is 0 Å². The molecule has 0 heterocycles. The summed E-state index contributed by atoms with van der Waals surface area (Å²) in [6, 6.07) is 15.3. The summed E-state index contributed by atoms with van der Waals surface area (Å²) in [5.41, 5.74) is 2.89. The molecule has 1 N–H and O–H groups in total. The molecule has 2 aromatic rings. The van der Waals surface area contributed by atoms with E-state index < -0.39 is 0 Å². The Kier molecular flexibility index (Phi) is 5.22. The van der Waals surface area contributed by atoms with Gasteiger partial charge in [0.15, 0.2) is 5.78 Å². The van der Waals surface area contributed by atoms with Crippen molar-refractivity contribution in [2.45, 2.75) is 26.2 Å². The van der Waals surface area contributed by atoms with Gasteiger partial charge in [-0.15, -0.1) is 0 Å². The van der Waals surface area contributed by atoms with Gasteiger partial charge in [0, 0.05) is 23.5 Å². The summed E-state index contributed by atoms with van der Waals surface area (Å²) in [4.78, 5) is 12.1. The van der Waals surface area contributed by atoms with Gasteiger partial charge in [0.1, 0.15) is 5.75 Å². The van der Waals surface area contributed by atoms with Crippen LogP contribution in [0.5, 0.6) is 5.75 Å². The second-order valence-corrected chi connectivity index (χ2v) is 6.40. The first-order valence-corrected chi connectivity index (χ1v) is 7.62. The van der Waals surface area contributed by atoms with Gasteiger partial charge in [-0.3, -0.25) is 4.79 Å². The standard InChI is InChI=1S/C20H23NO2/c1-20(2,3)16-7-5-15(6-8-16)19(22)13-14-21-17-9-11-18(23-4)12-10-17/h5-14,21H,1-4H3/b14-13+. The van der Waals surface area contributed by atoms with Gasteiger partial charge >= 0.3 is 0 Å². The van der Waals surface area contributed by atoms with Gasteiger partial charge in [-0.25, -0.2) is 0 Å². The normalized spacial score (nSPS) is 11.5. The molecule has 0 radical (unpaired) electrons. The van der Waals surface area contributed by atoms with Crippen molar-refractivity contribution in [2.24, 2.45) is 0 Å². The Balaban J connectivity index is 1.97. The number of rotatable bonds is 5. The number of carbonyl (C=O) groups excluding carboxylic acids is 1. The second-order valence-electron chi connectivity index (χ2n) is 6.40. The maximum Gasteiger partial charge on any atom is 0.187 e. The number of nitrogens with one attached hydrogen (secondary N) is 1. The first-order chi connectivity index (χ1) is 10.9. The third kappa shape index (κ3) is 4.71. The summed E-state index contributed by atoms with van der Waals surface area (Å²) < 4.78 is 5.10. The van der Waals surface area contributed by atoms with Crippen LogP contribution in [0.4, 0.5) is 5.69 Å². The van der Waals surface area contributed by atoms with Crippen LogP contribution in [0.3, 0.4) is 0 Å². The summed E-state index contributed by atoms with van der Waals surface area (Å²) in [5, 5.41) is 3.08. The van der Waals surface area contributed by atoms with E-state index in [1.54, 1.807) is 13.3 Å². The lowest BCUT2D eigenvalue weighted by Gasteiger charge is -2.18. The van der Waals surface area contributed by atoms with E-state index in [9.17, 15) is 4.79 Å². The zero-order valence-corrected chi connectivity index (χ0v) is 14.1. The van der Waals surface area contributed by atoms with Crippen LogP contribution < -0.4 is 10.1 Å². The molecule has 23 heavy (non-hydrogen) atoms. The van der Waals surface area contributed by atoms with Crippen LogP contribution in [0.15, 0.2) is 60.8 Å². The average molecular weight is 309 g/mol. The maximum atomic E-state index is 12.1. The van der Waals surface area contributed by atoms with Crippen molar-refractivity contribution in [3.8, 4) is 5.75 Å². The number of carbonyl (C=O) groups is 1. The molecule has 0 atom stereocenters. The van der Waals surface area contributed by atoms with Crippen LogP contribution >= 0.6 is 0 Å². The zero-order chi connectivity index (χ0) is 16.9. The van der Waals surface area contributed by atoms with E-state index in [1.807, 2.05) is 48.5 Å². The molecule has 0 aliphatic rings. The van der Waals surface area contributed by atoms with Crippen molar-refractivity contribution >= 4 is 11.5 Å². The lowest BCUT2D eigenvalue weighted by atomic mass is 9.86. The Hall–Kier alpha value is -2.55. The highest BCUT2D eigenvalue weighted by atomic mass is 16.5. The lowest BCUT2D eigenvalue weighted by molar-refractivity contribution is 0.104. The van der Waals surface area contributed by atoms with E-state index in [-0.39, 0.29) is 11.2 Å². The highest BCUT2D eigenvalue weighted by molar-refractivity contribution is 6.04. The molecule has 2 rings (SSSR count). The Morgan fingerprint density at radius 1 is 1.00 bits per heavy atom. The fourth-order valence-electron chi connectivity index (χ4n) is 2.13. The van der Waals surface area contributed by atoms with Crippen molar-refractivity contribution < 1.29 is 9.53 Å². The first kappa shape index (κ1) is 16.8. The molecule has 0 saturated heterocycles. The highest BCUT2D eigenvalue weighted by Crippen LogP contribution is 2.22. The van der Waals surface area contributed by atoms with E-state index in [0.717, 1.165) is 11.4 Å². The quantitative estimate of drug-likeness (QED) is 0.637. The minimum absolute atomic E-state index is 0.0218. The van der Waals surface area contributed by atoms with Crippen LogP contribution in [-0.2, 0) is 5.41 Å². The van der Waals surface area contributed by atoms with E-state index in [0.29, 0.717) is 5.56 Å². The van der Waals surface area contributed by atoms with Crippen molar-refractivity contribution in [3.63, 3.8) is 0 Å². The molecule has 0 unspecified atom stereocenters. The average Bonchev–Trinajstić information content (AvgIpc) is 2.54. The maximum absolute atomic E-state index is 12.1.